The summed E-state index contributed by atoms with van der Waals surface area (Å²) in [6.07, 6.45) is 8.71. The van der Waals surface area contributed by atoms with Gasteiger partial charge in [-0.3, -0.25) is 4.90 Å². The summed E-state index contributed by atoms with van der Waals surface area (Å²) < 4.78 is 0. The van der Waals surface area contributed by atoms with E-state index < -0.39 is 0 Å². The van der Waals surface area contributed by atoms with Gasteiger partial charge in [0.05, 0.1) is 0 Å². The second kappa shape index (κ2) is 5.10. The van der Waals surface area contributed by atoms with Crippen molar-refractivity contribution in [2.24, 2.45) is 17.6 Å². The third kappa shape index (κ3) is 2.26. The van der Waals surface area contributed by atoms with Crippen LogP contribution < -0.4 is 5.73 Å². The molecule has 2 aliphatic heterocycles. The lowest BCUT2D eigenvalue weighted by molar-refractivity contribution is 0.0193. The highest BCUT2D eigenvalue weighted by molar-refractivity contribution is 7.99. The van der Waals surface area contributed by atoms with Gasteiger partial charge < -0.3 is 5.73 Å². The van der Waals surface area contributed by atoms with Gasteiger partial charge in [0.2, 0.25) is 0 Å². The van der Waals surface area contributed by atoms with Crippen LogP contribution in [0.4, 0.5) is 0 Å². The summed E-state index contributed by atoms with van der Waals surface area (Å²) in [6, 6.07) is 0. The fourth-order valence-corrected chi connectivity index (χ4v) is 5.66. The van der Waals surface area contributed by atoms with Crippen LogP contribution in [0.5, 0.6) is 0 Å². The zero-order valence-electron chi connectivity index (χ0n) is 10.9. The maximum atomic E-state index is 6.11. The Kier molecular flexibility index (Phi) is 3.69. The Morgan fingerprint density at radius 1 is 1.18 bits per heavy atom. The van der Waals surface area contributed by atoms with Gasteiger partial charge in [0.25, 0.3) is 0 Å². The van der Waals surface area contributed by atoms with Crippen LogP contribution in [0.1, 0.15) is 38.5 Å². The molecule has 2 N–H and O–H groups in total. The van der Waals surface area contributed by atoms with E-state index >= 15 is 0 Å². The van der Waals surface area contributed by atoms with Gasteiger partial charge >= 0.3 is 0 Å². The molecule has 1 saturated carbocycles. The SMILES string of the molecule is NCC1(N2CCC3CCCCC3C2)CCSC1. The van der Waals surface area contributed by atoms with E-state index in [1.165, 1.54) is 63.1 Å². The minimum atomic E-state index is 0.368. The van der Waals surface area contributed by atoms with Crippen LogP contribution >= 0.6 is 11.8 Å². The topological polar surface area (TPSA) is 29.3 Å². The van der Waals surface area contributed by atoms with Gasteiger partial charge in [-0.25, -0.2) is 0 Å². The maximum Gasteiger partial charge on any atom is 0.0429 e. The van der Waals surface area contributed by atoms with Gasteiger partial charge in [0.15, 0.2) is 0 Å². The van der Waals surface area contributed by atoms with Gasteiger partial charge in [0, 0.05) is 24.4 Å². The van der Waals surface area contributed by atoms with Crippen LogP contribution in [0.2, 0.25) is 0 Å². The maximum absolute atomic E-state index is 6.11. The summed E-state index contributed by atoms with van der Waals surface area (Å²) in [4.78, 5) is 2.78. The van der Waals surface area contributed by atoms with Crippen molar-refractivity contribution in [1.29, 1.82) is 0 Å². The molecule has 1 aliphatic carbocycles. The van der Waals surface area contributed by atoms with E-state index in [1.54, 1.807) is 0 Å². The highest BCUT2D eigenvalue weighted by Gasteiger charge is 2.43. The predicted octanol–water partition coefficient (Wildman–Crippen LogP) is 2.33. The number of nitrogens with two attached hydrogens (primary N) is 1. The van der Waals surface area contributed by atoms with E-state index in [0.29, 0.717) is 5.54 Å². The molecule has 17 heavy (non-hydrogen) atoms. The lowest BCUT2D eigenvalue weighted by Crippen LogP contribution is -2.58. The molecular weight excluding hydrogens is 228 g/mol. The van der Waals surface area contributed by atoms with E-state index in [2.05, 4.69) is 16.7 Å². The Morgan fingerprint density at radius 2 is 2.00 bits per heavy atom. The highest BCUT2D eigenvalue weighted by Crippen LogP contribution is 2.41. The monoisotopic (exact) mass is 254 g/mol. The lowest BCUT2D eigenvalue weighted by atomic mass is 9.74. The van der Waals surface area contributed by atoms with Crippen LogP contribution in [0.25, 0.3) is 0 Å². The van der Waals surface area contributed by atoms with Crippen molar-refractivity contribution in [3.8, 4) is 0 Å². The molecule has 98 valence electrons. The first-order chi connectivity index (χ1) is 8.34. The molecule has 0 aromatic carbocycles. The predicted molar refractivity (Wildman–Crippen MR) is 75.4 cm³/mol. The molecule has 3 rings (SSSR count). The van der Waals surface area contributed by atoms with Crippen molar-refractivity contribution in [3.05, 3.63) is 0 Å². The molecule has 3 unspecified atom stereocenters. The summed E-state index contributed by atoms with van der Waals surface area (Å²) in [5.74, 6) is 4.64. The summed E-state index contributed by atoms with van der Waals surface area (Å²) in [5.41, 5.74) is 6.48. The Balaban J connectivity index is 1.68. The third-order valence-electron chi connectivity index (χ3n) is 5.42. The third-order valence-corrected chi connectivity index (χ3v) is 6.66. The Hall–Kier alpha value is 0.270. The second-order valence-corrected chi connectivity index (χ2v) is 7.38. The summed E-state index contributed by atoms with van der Waals surface area (Å²) in [6.45, 7) is 3.54. The van der Waals surface area contributed by atoms with Crippen molar-refractivity contribution >= 4 is 11.8 Å². The average molecular weight is 254 g/mol. The van der Waals surface area contributed by atoms with Crippen LogP contribution in [0.3, 0.4) is 0 Å². The fourth-order valence-electron chi connectivity index (χ4n) is 4.17. The van der Waals surface area contributed by atoms with Crippen LogP contribution in [-0.4, -0.2) is 41.6 Å². The number of likely N-dealkylation sites (tertiary alicyclic amines) is 1. The summed E-state index contributed by atoms with van der Waals surface area (Å²) in [7, 11) is 0. The van der Waals surface area contributed by atoms with Gasteiger partial charge in [-0.1, -0.05) is 19.3 Å². The van der Waals surface area contributed by atoms with E-state index in [-0.39, 0.29) is 0 Å². The van der Waals surface area contributed by atoms with E-state index in [1.807, 2.05) is 0 Å². The van der Waals surface area contributed by atoms with Gasteiger partial charge in [-0.05, 0) is 43.4 Å². The van der Waals surface area contributed by atoms with E-state index in [4.69, 9.17) is 5.73 Å². The molecule has 3 fully saturated rings. The lowest BCUT2D eigenvalue weighted by Gasteiger charge is -2.48. The first-order valence-corrected chi connectivity index (χ1v) is 8.52. The number of nitrogens with zero attached hydrogens (tertiary/aromatic N) is 1. The van der Waals surface area contributed by atoms with E-state index in [0.717, 1.165) is 18.4 Å². The zero-order valence-corrected chi connectivity index (χ0v) is 11.7. The minimum Gasteiger partial charge on any atom is -0.329 e. The minimum absolute atomic E-state index is 0.368. The fraction of sp³-hybridized carbons (Fsp3) is 1.00. The van der Waals surface area contributed by atoms with Crippen LogP contribution in [0.15, 0.2) is 0 Å². The number of hydrogen-bond acceptors (Lipinski definition) is 3. The second-order valence-electron chi connectivity index (χ2n) is 6.27. The summed E-state index contributed by atoms with van der Waals surface area (Å²) in [5, 5.41) is 0. The first-order valence-electron chi connectivity index (χ1n) is 7.37. The average Bonchev–Trinajstić information content (AvgIpc) is 2.88. The molecule has 0 aromatic rings. The molecule has 0 bridgehead atoms. The molecule has 0 aromatic heterocycles. The molecule has 3 heteroatoms. The number of thioether (sulfide) groups is 1. The summed E-state index contributed by atoms with van der Waals surface area (Å²) >= 11 is 2.11. The van der Waals surface area contributed by atoms with Crippen LogP contribution in [0, 0.1) is 11.8 Å². The Labute approximate surface area is 110 Å². The molecule has 2 nitrogen and oxygen atoms in total. The van der Waals surface area contributed by atoms with Crippen molar-refractivity contribution in [2.45, 2.75) is 44.1 Å². The first kappa shape index (κ1) is 12.3. The number of hydrogen-bond donors (Lipinski definition) is 1. The largest absolute Gasteiger partial charge is 0.329 e. The smallest absolute Gasteiger partial charge is 0.0429 e. The number of piperidine rings is 1. The molecular formula is C14H26N2S. The zero-order chi connectivity index (χ0) is 11.7. The molecule has 0 radical (unpaired) electrons. The highest BCUT2D eigenvalue weighted by atomic mass is 32.2. The normalized spacial score (nSPS) is 43.6. The van der Waals surface area contributed by atoms with Gasteiger partial charge in [-0.15, -0.1) is 0 Å². The Bertz CT molecular complexity index is 263. The van der Waals surface area contributed by atoms with Crippen molar-refractivity contribution < 1.29 is 0 Å². The van der Waals surface area contributed by atoms with Gasteiger partial charge in [0.1, 0.15) is 0 Å². The Morgan fingerprint density at radius 3 is 2.71 bits per heavy atom. The van der Waals surface area contributed by atoms with Gasteiger partial charge in [-0.2, -0.15) is 11.8 Å². The van der Waals surface area contributed by atoms with Crippen molar-refractivity contribution in [2.75, 3.05) is 31.1 Å². The molecule has 0 amide bonds. The number of fused-ring (bicyclic) bond motifs is 1. The molecule has 0 spiro atoms. The molecule has 3 aliphatic rings. The molecule has 2 heterocycles. The van der Waals surface area contributed by atoms with E-state index in [9.17, 15) is 0 Å². The number of rotatable bonds is 2. The van der Waals surface area contributed by atoms with Crippen LogP contribution in [-0.2, 0) is 0 Å². The molecule has 3 atom stereocenters. The molecule has 2 saturated heterocycles. The standard InChI is InChI=1S/C14H26N2S/c15-10-14(6-8-17-11-14)16-7-5-12-3-1-2-4-13(12)9-16/h12-13H,1-11,15H2. The van der Waals surface area contributed by atoms with Crippen molar-refractivity contribution in [3.63, 3.8) is 0 Å². The van der Waals surface area contributed by atoms with Crippen molar-refractivity contribution in [1.82, 2.24) is 4.90 Å². The quantitative estimate of drug-likeness (QED) is 0.820.